The van der Waals surface area contributed by atoms with E-state index in [1.807, 2.05) is 24.5 Å². The van der Waals surface area contributed by atoms with Crippen molar-refractivity contribution in [3.05, 3.63) is 23.8 Å². The Morgan fingerprint density at radius 2 is 2.21 bits per heavy atom. The van der Waals surface area contributed by atoms with Crippen LogP contribution in [0.1, 0.15) is 31.2 Å². The third kappa shape index (κ3) is 3.23. The Bertz CT molecular complexity index is 461. The molecule has 0 spiro atoms. The lowest BCUT2D eigenvalue weighted by molar-refractivity contribution is 0.462. The van der Waals surface area contributed by atoms with Crippen molar-refractivity contribution in [2.24, 2.45) is 11.7 Å². The molecule has 1 atom stereocenters. The molecular weight excluding hydrogens is 254 g/mol. The monoisotopic (exact) mass is 275 g/mol. The van der Waals surface area contributed by atoms with Crippen LogP contribution in [0.2, 0.25) is 0 Å². The SMILES string of the molecule is CSc1cccc(NC(CN)C2CCCC2)c1C#N. The van der Waals surface area contributed by atoms with Crippen LogP contribution in [-0.4, -0.2) is 18.8 Å². The molecule has 0 saturated heterocycles. The number of thioether (sulfide) groups is 1. The predicted molar refractivity (Wildman–Crippen MR) is 81.4 cm³/mol. The third-order valence-electron chi connectivity index (χ3n) is 3.92. The molecule has 2 rings (SSSR count). The predicted octanol–water partition coefficient (Wildman–Crippen LogP) is 3.21. The number of nitrogens with one attached hydrogen (secondary N) is 1. The van der Waals surface area contributed by atoms with E-state index < -0.39 is 0 Å². The van der Waals surface area contributed by atoms with Gasteiger partial charge in [-0.25, -0.2) is 0 Å². The summed E-state index contributed by atoms with van der Waals surface area (Å²) >= 11 is 1.61. The van der Waals surface area contributed by atoms with E-state index in [2.05, 4.69) is 11.4 Å². The maximum Gasteiger partial charge on any atom is 0.102 e. The van der Waals surface area contributed by atoms with Gasteiger partial charge in [-0.2, -0.15) is 5.26 Å². The summed E-state index contributed by atoms with van der Waals surface area (Å²) in [6, 6.07) is 8.56. The second-order valence-corrected chi connectivity index (χ2v) is 5.87. The number of anilines is 1. The molecule has 0 amide bonds. The summed E-state index contributed by atoms with van der Waals surface area (Å²) in [6.07, 6.45) is 7.10. The van der Waals surface area contributed by atoms with E-state index in [1.54, 1.807) is 11.8 Å². The van der Waals surface area contributed by atoms with Crippen LogP contribution in [0, 0.1) is 17.2 Å². The van der Waals surface area contributed by atoms with E-state index >= 15 is 0 Å². The van der Waals surface area contributed by atoms with Crippen LogP contribution in [0.5, 0.6) is 0 Å². The van der Waals surface area contributed by atoms with Gasteiger partial charge in [0, 0.05) is 17.5 Å². The lowest BCUT2D eigenvalue weighted by Crippen LogP contribution is -2.35. The highest BCUT2D eigenvalue weighted by molar-refractivity contribution is 7.98. The highest BCUT2D eigenvalue weighted by Crippen LogP contribution is 2.31. The van der Waals surface area contributed by atoms with Crippen LogP contribution in [0.15, 0.2) is 23.1 Å². The van der Waals surface area contributed by atoms with Gasteiger partial charge in [0.05, 0.1) is 11.3 Å². The van der Waals surface area contributed by atoms with Crippen molar-refractivity contribution in [3.8, 4) is 6.07 Å². The Balaban J connectivity index is 2.19. The zero-order chi connectivity index (χ0) is 13.7. The first-order valence-corrected chi connectivity index (χ1v) is 8.06. The average molecular weight is 275 g/mol. The summed E-state index contributed by atoms with van der Waals surface area (Å²) < 4.78 is 0. The van der Waals surface area contributed by atoms with E-state index in [-0.39, 0.29) is 6.04 Å². The fourth-order valence-electron chi connectivity index (χ4n) is 2.87. The van der Waals surface area contributed by atoms with Crippen molar-refractivity contribution < 1.29 is 0 Å². The molecule has 4 heteroatoms. The zero-order valence-corrected chi connectivity index (χ0v) is 12.2. The Labute approximate surface area is 119 Å². The van der Waals surface area contributed by atoms with Gasteiger partial charge in [0.2, 0.25) is 0 Å². The highest BCUT2D eigenvalue weighted by Gasteiger charge is 2.24. The third-order valence-corrected chi connectivity index (χ3v) is 4.70. The number of hydrogen-bond acceptors (Lipinski definition) is 4. The molecule has 1 aromatic carbocycles. The second kappa shape index (κ2) is 6.83. The standard InChI is InChI=1S/C15H21N3S/c1-19-15-8-4-7-13(12(15)9-16)18-14(10-17)11-5-2-3-6-11/h4,7-8,11,14,18H,2-3,5-6,10,17H2,1H3. The molecule has 0 aromatic heterocycles. The van der Waals surface area contributed by atoms with Gasteiger partial charge < -0.3 is 11.1 Å². The van der Waals surface area contributed by atoms with Gasteiger partial charge in [0.15, 0.2) is 0 Å². The van der Waals surface area contributed by atoms with Crippen LogP contribution in [0.25, 0.3) is 0 Å². The number of nitrogens with two attached hydrogens (primary N) is 1. The minimum Gasteiger partial charge on any atom is -0.380 e. The molecule has 3 nitrogen and oxygen atoms in total. The Kier molecular flexibility index (Phi) is 5.12. The Hall–Kier alpha value is -1.18. The van der Waals surface area contributed by atoms with Crippen LogP contribution < -0.4 is 11.1 Å². The number of nitrogens with zero attached hydrogens (tertiary/aromatic N) is 1. The highest BCUT2D eigenvalue weighted by atomic mass is 32.2. The largest absolute Gasteiger partial charge is 0.380 e. The smallest absolute Gasteiger partial charge is 0.102 e. The molecule has 0 heterocycles. The number of nitriles is 1. The lowest BCUT2D eigenvalue weighted by atomic mass is 9.97. The minimum absolute atomic E-state index is 0.284. The van der Waals surface area contributed by atoms with Gasteiger partial charge in [-0.3, -0.25) is 0 Å². The Morgan fingerprint density at radius 3 is 2.79 bits per heavy atom. The summed E-state index contributed by atoms with van der Waals surface area (Å²) in [5.41, 5.74) is 7.58. The topological polar surface area (TPSA) is 61.8 Å². The van der Waals surface area contributed by atoms with Crippen LogP contribution in [0.4, 0.5) is 5.69 Å². The molecule has 3 N–H and O–H groups in total. The molecule has 0 radical (unpaired) electrons. The van der Waals surface area contributed by atoms with Crippen molar-refractivity contribution >= 4 is 17.4 Å². The number of hydrogen-bond donors (Lipinski definition) is 2. The van der Waals surface area contributed by atoms with Crippen LogP contribution in [0.3, 0.4) is 0 Å². The van der Waals surface area contributed by atoms with Gasteiger partial charge >= 0.3 is 0 Å². The van der Waals surface area contributed by atoms with E-state index in [4.69, 9.17) is 5.73 Å². The molecule has 1 unspecified atom stereocenters. The van der Waals surface area contributed by atoms with Gasteiger partial charge in [0.1, 0.15) is 6.07 Å². The van der Waals surface area contributed by atoms with Gasteiger partial charge in [-0.15, -0.1) is 11.8 Å². The fourth-order valence-corrected chi connectivity index (χ4v) is 3.44. The fraction of sp³-hybridized carbons (Fsp3) is 0.533. The van der Waals surface area contributed by atoms with Crippen molar-refractivity contribution in [3.63, 3.8) is 0 Å². The normalized spacial score (nSPS) is 17.1. The van der Waals surface area contributed by atoms with Crippen molar-refractivity contribution in [1.82, 2.24) is 0 Å². The first kappa shape index (κ1) is 14.2. The molecule has 0 bridgehead atoms. The molecule has 1 aromatic rings. The molecule has 0 aliphatic heterocycles. The quantitative estimate of drug-likeness (QED) is 0.810. The first-order valence-electron chi connectivity index (χ1n) is 6.83. The van der Waals surface area contributed by atoms with Crippen molar-refractivity contribution in [2.75, 3.05) is 18.1 Å². The summed E-state index contributed by atoms with van der Waals surface area (Å²) in [5.74, 6) is 0.648. The maximum absolute atomic E-state index is 9.35. The molecule has 1 aliphatic rings. The van der Waals surface area contributed by atoms with Gasteiger partial charge in [0.25, 0.3) is 0 Å². The van der Waals surface area contributed by atoms with Crippen LogP contribution >= 0.6 is 11.8 Å². The zero-order valence-electron chi connectivity index (χ0n) is 11.4. The summed E-state index contributed by atoms with van der Waals surface area (Å²) in [5, 5.41) is 12.9. The van der Waals surface area contributed by atoms with E-state index in [1.165, 1.54) is 25.7 Å². The molecular formula is C15H21N3S. The van der Waals surface area contributed by atoms with Gasteiger partial charge in [-0.1, -0.05) is 18.9 Å². The maximum atomic E-state index is 9.35. The van der Waals surface area contributed by atoms with Crippen molar-refractivity contribution in [1.29, 1.82) is 5.26 Å². The molecule has 19 heavy (non-hydrogen) atoms. The number of benzene rings is 1. The van der Waals surface area contributed by atoms with Crippen molar-refractivity contribution in [2.45, 2.75) is 36.6 Å². The number of rotatable bonds is 5. The van der Waals surface area contributed by atoms with E-state index in [0.717, 1.165) is 16.1 Å². The van der Waals surface area contributed by atoms with Gasteiger partial charge in [-0.05, 0) is 37.1 Å². The summed E-state index contributed by atoms with van der Waals surface area (Å²) in [4.78, 5) is 1.02. The lowest BCUT2D eigenvalue weighted by Gasteiger charge is -2.25. The second-order valence-electron chi connectivity index (χ2n) is 5.03. The molecule has 1 fully saturated rings. The van der Waals surface area contributed by atoms with E-state index in [0.29, 0.717) is 12.5 Å². The molecule has 102 valence electrons. The first-order chi connectivity index (χ1) is 9.30. The molecule has 1 aliphatic carbocycles. The minimum atomic E-state index is 0.284. The molecule has 1 saturated carbocycles. The Morgan fingerprint density at radius 1 is 1.47 bits per heavy atom. The summed E-state index contributed by atoms with van der Waals surface area (Å²) in [6.45, 7) is 0.624. The van der Waals surface area contributed by atoms with E-state index in [9.17, 15) is 5.26 Å². The average Bonchev–Trinajstić information content (AvgIpc) is 2.98. The summed E-state index contributed by atoms with van der Waals surface area (Å²) in [7, 11) is 0. The van der Waals surface area contributed by atoms with Crippen LogP contribution in [-0.2, 0) is 0 Å².